The number of rotatable bonds is 7. The Labute approximate surface area is 174 Å². The van der Waals surface area contributed by atoms with E-state index in [0.717, 1.165) is 10.5 Å². The largest absolute Gasteiger partial charge is 0.457 e. The third-order valence-corrected chi connectivity index (χ3v) is 6.45. The zero-order valence-electron chi connectivity index (χ0n) is 16.4. The van der Waals surface area contributed by atoms with Crippen molar-refractivity contribution in [1.29, 1.82) is 0 Å². The van der Waals surface area contributed by atoms with E-state index in [1.807, 2.05) is 38.3 Å². The van der Waals surface area contributed by atoms with E-state index < -0.39 is 12.0 Å². The first-order valence-corrected chi connectivity index (χ1v) is 11.3. The van der Waals surface area contributed by atoms with Gasteiger partial charge in [0.05, 0.1) is 6.42 Å². The lowest BCUT2D eigenvalue weighted by atomic mass is 10.0. The summed E-state index contributed by atoms with van der Waals surface area (Å²) < 4.78 is 5.15. The molecule has 0 aliphatic carbocycles. The topological polar surface area (TPSA) is 75.7 Å². The first-order chi connectivity index (χ1) is 13.6. The number of β-lactam (4-membered cyclic amide) rings is 1. The fraction of sp³-hybridized carbons (Fsp3) is 0.450. The van der Waals surface area contributed by atoms with Gasteiger partial charge in [-0.25, -0.2) is 4.79 Å². The van der Waals surface area contributed by atoms with Crippen LogP contribution in [-0.2, 0) is 25.5 Å². The minimum Gasteiger partial charge on any atom is -0.457 e. The summed E-state index contributed by atoms with van der Waals surface area (Å²) in [7, 11) is 0. The highest BCUT2D eigenvalue weighted by Crippen LogP contribution is 2.41. The normalized spacial score (nSPS) is 20.4. The van der Waals surface area contributed by atoms with Gasteiger partial charge in [-0.1, -0.05) is 39.5 Å². The summed E-state index contributed by atoms with van der Waals surface area (Å²) in [6, 6.07) is 3.17. The van der Waals surface area contributed by atoms with Crippen LogP contribution in [0, 0.1) is 0 Å². The van der Waals surface area contributed by atoms with Crippen LogP contribution >= 0.6 is 23.1 Å². The van der Waals surface area contributed by atoms with Gasteiger partial charge in [-0.05, 0) is 23.4 Å². The predicted molar refractivity (Wildman–Crippen MR) is 113 cm³/mol. The van der Waals surface area contributed by atoms with Crippen LogP contribution in [0.4, 0.5) is 0 Å². The minimum atomic E-state index is -0.604. The molecule has 1 aromatic rings. The summed E-state index contributed by atoms with van der Waals surface area (Å²) in [5, 5.41) is 4.45. The Hall–Kier alpha value is -2.06. The minimum absolute atomic E-state index is 0.0974. The molecule has 3 rings (SSSR count). The quantitative estimate of drug-likeness (QED) is 0.415. The maximum Gasteiger partial charge on any atom is 0.355 e. The average molecular weight is 423 g/mol. The highest BCUT2D eigenvalue weighted by atomic mass is 32.2. The van der Waals surface area contributed by atoms with Gasteiger partial charge in [-0.2, -0.15) is 0 Å². The number of ether oxygens (including phenoxy) is 1. The monoisotopic (exact) mass is 422 g/mol. The van der Waals surface area contributed by atoms with E-state index in [9.17, 15) is 14.4 Å². The molecule has 6 nitrogen and oxygen atoms in total. The Morgan fingerprint density at radius 3 is 2.79 bits per heavy atom. The van der Waals surface area contributed by atoms with Gasteiger partial charge >= 0.3 is 5.97 Å². The van der Waals surface area contributed by atoms with Gasteiger partial charge in [-0.3, -0.25) is 14.5 Å². The maximum atomic E-state index is 12.6. The Balaban J connectivity index is 0.00000136. The summed E-state index contributed by atoms with van der Waals surface area (Å²) in [6.07, 6.45) is 2.41. The third-order valence-electron chi connectivity index (χ3n) is 4.23. The third kappa shape index (κ3) is 4.67. The van der Waals surface area contributed by atoms with E-state index in [1.54, 1.807) is 11.8 Å². The number of hydrogen-bond acceptors (Lipinski definition) is 6. The summed E-state index contributed by atoms with van der Waals surface area (Å²) in [5.74, 6) is -0.324. The number of nitrogens with one attached hydrogen (secondary N) is 1. The molecule has 2 atom stereocenters. The second kappa shape index (κ2) is 10.5. The molecule has 2 aliphatic rings. The highest BCUT2D eigenvalue weighted by Gasteiger charge is 2.54. The van der Waals surface area contributed by atoms with E-state index in [1.165, 1.54) is 22.3 Å². The van der Waals surface area contributed by atoms with Gasteiger partial charge in [-0.15, -0.1) is 23.1 Å². The Kier molecular flexibility index (Phi) is 8.32. The number of thioether (sulfide) groups is 1. The van der Waals surface area contributed by atoms with Crippen LogP contribution < -0.4 is 5.32 Å². The van der Waals surface area contributed by atoms with Crippen LogP contribution in [0.5, 0.6) is 0 Å². The van der Waals surface area contributed by atoms with E-state index in [-0.39, 0.29) is 30.2 Å². The first kappa shape index (κ1) is 22.2. The van der Waals surface area contributed by atoms with E-state index in [2.05, 4.69) is 11.9 Å². The molecule has 0 aromatic carbocycles. The van der Waals surface area contributed by atoms with Crippen molar-refractivity contribution in [2.75, 3.05) is 12.4 Å². The second-order valence-electron chi connectivity index (χ2n) is 5.90. The summed E-state index contributed by atoms with van der Waals surface area (Å²) >= 11 is 3.06. The van der Waals surface area contributed by atoms with Gasteiger partial charge in [0.15, 0.2) is 0 Å². The molecule has 0 spiro atoms. The molecule has 3 heterocycles. The zero-order chi connectivity index (χ0) is 20.7. The number of esters is 1. The summed E-state index contributed by atoms with van der Waals surface area (Å²) in [6.45, 7) is 9.57. The average Bonchev–Trinajstić information content (AvgIpc) is 3.23. The number of amides is 2. The van der Waals surface area contributed by atoms with Crippen molar-refractivity contribution in [2.45, 2.75) is 45.0 Å². The lowest BCUT2D eigenvalue weighted by Gasteiger charge is -2.49. The first-order valence-electron chi connectivity index (χ1n) is 9.33. The van der Waals surface area contributed by atoms with Crippen LogP contribution in [0.3, 0.4) is 0 Å². The molecule has 2 unspecified atom stereocenters. The molecule has 1 aromatic heterocycles. The number of nitrogens with zero attached hydrogens (tertiary/aromatic N) is 1. The van der Waals surface area contributed by atoms with E-state index in [0.29, 0.717) is 17.9 Å². The fourth-order valence-corrected chi connectivity index (χ4v) is 5.09. The number of carbonyl (C=O) groups excluding carboxylic acids is 3. The predicted octanol–water partition coefficient (Wildman–Crippen LogP) is 3.11. The molecule has 1 N–H and O–H groups in total. The van der Waals surface area contributed by atoms with Gasteiger partial charge in [0, 0.05) is 10.6 Å². The van der Waals surface area contributed by atoms with Crippen LogP contribution in [0.15, 0.2) is 41.4 Å². The number of thiophene rings is 1. The Bertz CT molecular complexity index is 758. The molecular formula is C20H26N2O4S2. The Morgan fingerprint density at radius 2 is 2.18 bits per heavy atom. The molecule has 8 heteroatoms. The number of carbonyl (C=O) groups is 3. The second-order valence-corrected chi connectivity index (χ2v) is 8.04. The van der Waals surface area contributed by atoms with E-state index in [4.69, 9.17) is 4.74 Å². The van der Waals surface area contributed by atoms with Crippen molar-refractivity contribution in [2.24, 2.45) is 0 Å². The van der Waals surface area contributed by atoms with Crippen molar-refractivity contribution in [3.8, 4) is 0 Å². The molecule has 0 bridgehead atoms. The summed E-state index contributed by atoms with van der Waals surface area (Å²) in [4.78, 5) is 39.6. The van der Waals surface area contributed by atoms with Gasteiger partial charge < -0.3 is 10.1 Å². The fourth-order valence-electron chi connectivity index (χ4n) is 2.94. The molecule has 0 radical (unpaired) electrons. The number of hydrogen-bond donors (Lipinski definition) is 1. The van der Waals surface area contributed by atoms with Crippen LogP contribution in [0.2, 0.25) is 0 Å². The molecule has 1 fully saturated rings. The van der Waals surface area contributed by atoms with Crippen molar-refractivity contribution in [3.05, 3.63) is 46.3 Å². The SMILES string of the molecule is C=CCOC(=O)C1=C(CC)CSC2C(NC(=O)Cc3cccs3)C(=O)N12.CC. The van der Waals surface area contributed by atoms with Crippen molar-refractivity contribution in [1.82, 2.24) is 10.2 Å². The lowest BCUT2D eigenvalue weighted by Crippen LogP contribution is -2.70. The standard InChI is InChI=1S/C18H20N2O4S2.C2H6/c1-3-7-24-18(23)15-11(4-2)10-26-17-14(16(22)20(15)17)19-13(21)9-12-6-5-8-25-12;1-2/h3,5-6,8,14,17H,1,4,7,9-10H2,2H3,(H,19,21);1-2H3. The van der Waals surface area contributed by atoms with Crippen molar-refractivity contribution in [3.63, 3.8) is 0 Å². The smallest absolute Gasteiger partial charge is 0.355 e. The van der Waals surface area contributed by atoms with Gasteiger partial charge in [0.25, 0.3) is 5.91 Å². The Morgan fingerprint density at radius 1 is 1.43 bits per heavy atom. The highest BCUT2D eigenvalue weighted by molar-refractivity contribution is 8.00. The molecule has 1 saturated heterocycles. The van der Waals surface area contributed by atoms with Crippen LogP contribution in [0.25, 0.3) is 0 Å². The van der Waals surface area contributed by atoms with E-state index >= 15 is 0 Å². The molecule has 2 aliphatic heterocycles. The maximum absolute atomic E-state index is 12.6. The van der Waals surface area contributed by atoms with Crippen LogP contribution in [-0.4, -0.2) is 46.5 Å². The molecule has 0 saturated carbocycles. The van der Waals surface area contributed by atoms with Gasteiger partial charge in [0.2, 0.25) is 5.91 Å². The lowest BCUT2D eigenvalue weighted by molar-refractivity contribution is -0.152. The number of fused-ring (bicyclic) bond motifs is 1. The molecular weight excluding hydrogens is 396 g/mol. The molecule has 28 heavy (non-hydrogen) atoms. The summed E-state index contributed by atoms with van der Waals surface area (Å²) in [5.41, 5.74) is 1.21. The van der Waals surface area contributed by atoms with Crippen molar-refractivity contribution < 1.29 is 19.1 Å². The van der Waals surface area contributed by atoms with Crippen molar-refractivity contribution >= 4 is 40.9 Å². The zero-order valence-corrected chi connectivity index (χ0v) is 18.0. The van der Waals surface area contributed by atoms with Gasteiger partial charge in [0.1, 0.15) is 23.7 Å². The molecule has 152 valence electrons. The molecule has 2 amide bonds. The van der Waals surface area contributed by atoms with Crippen LogP contribution in [0.1, 0.15) is 32.1 Å².